The lowest BCUT2D eigenvalue weighted by atomic mass is 9.98. The van der Waals surface area contributed by atoms with E-state index >= 15 is 0 Å². The van der Waals surface area contributed by atoms with Crippen LogP contribution in [0.25, 0.3) is 0 Å². The van der Waals surface area contributed by atoms with Gasteiger partial charge in [-0.25, -0.2) is 8.42 Å². The molecule has 0 aliphatic heterocycles. The van der Waals surface area contributed by atoms with Crippen LogP contribution in [-0.4, -0.2) is 38.8 Å². The van der Waals surface area contributed by atoms with Crippen LogP contribution in [0.2, 0.25) is 5.02 Å². The van der Waals surface area contributed by atoms with Crippen LogP contribution in [0.5, 0.6) is 0 Å². The molecule has 31 heavy (non-hydrogen) atoms. The largest absolute Gasteiger partial charge is 0.465 e. The van der Waals surface area contributed by atoms with Gasteiger partial charge in [0.05, 0.1) is 18.1 Å². The third-order valence-electron chi connectivity index (χ3n) is 5.58. The summed E-state index contributed by atoms with van der Waals surface area (Å²) in [6.07, 6.45) is 0.804. The zero-order chi connectivity index (χ0) is 22.8. The maximum absolute atomic E-state index is 13.6. The van der Waals surface area contributed by atoms with Gasteiger partial charge in [-0.2, -0.15) is 0 Å². The monoisotopic (exact) mass is 464 g/mol. The molecule has 0 amide bonds. The van der Waals surface area contributed by atoms with Gasteiger partial charge in [-0.15, -0.1) is 0 Å². The van der Waals surface area contributed by atoms with Crippen LogP contribution in [0.15, 0.2) is 53.4 Å². The lowest BCUT2D eigenvalue weighted by Crippen LogP contribution is -2.35. The fourth-order valence-electron chi connectivity index (χ4n) is 4.02. The van der Waals surface area contributed by atoms with Gasteiger partial charge in [-0.05, 0) is 55.7 Å². The molecule has 0 unspecified atom stereocenters. The van der Waals surface area contributed by atoms with Gasteiger partial charge in [0.15, 0.2) is 15.3 Å². The first-order valence-electron chi connectivity index (χ1n) is 10.2. The first-order valence-corrected chi connectivity index (χ1v) is 12.1. The van der Waals surface area contributed by atoms with E-state index in [0.717, 1.165) is 12.0 Å². The predicted molar refractivity (Wildman–Crippen MR) is 117 cm³/mol. The normalized spacial score (nSPS) is 19.5. The van der Waals surface area contributed by atoms with Crippen LogP contribution in [0.3, 0.4) is 0 Å². The van der Waals surface area contributed by atoms with Gasteiger partial charge in [-0.1, -0.05) is 42.8 Å². The Kier molecular flexibility index (Phi) is 6.76. The van der Waals surface area contributed by atoms with E-state index in [2.05, 4.69) is 0 Å². The highest BCUT2D eigenvalue weighted by atomic mass is 35.5. The Bertz CT molecular complexity index is 1040. The molecule has 0 heterocycles. The summed E-state index contributed by atoms with van der Waals surface area (Å²) < 4.78 is 37.6. The Morgan fingerprint density at radius 3 is 1.87 bits per heavy atom. The molecule has 8 heteroatoms. The van der Waals surface area contributed by atoms with Gasteiger partial charge in [-0.3, -0.25) is 9.59 Å². The number of halogens is 1. The molecular weight excluding hydrogens is 440 g/mol. The van der Waals surface area contributed by atoms with Crippen LogP contribution in [-0.2, 0) is 35.3 Å². The number of benzene rings is 2. The smallest absolute Gasteiger partial charge is 0.325 e. The first kappa shape index (κ1) is 23.3. The minimum absolute atomic E-state index is 0.00912. The molecule has 1 saturated carbocycles. The van der Waals surface area contributed by atoms with Crippen molar-refractivity contribution >= 4 is 33.4 Å². The van der Waals surface area contributed by atoms with Crippen molar-refractivity contribution in [3.05, 3.63) is 64.7 Å². The number of carbonyl (C=O) groups excluding carboxylic acids is 2. The van der Waals surface area contributed by atoms with E-state index in [4.69, 9.17) is 21.1 Å². The van der Waals surface area contributed by atoms with E-state index in [9.17, 15) is 18.0 Å². The number of aryl methyl sites for hydroxylation is 1. The van der Waals surface area contributed by atoms with Crippen molar-refractivity contribution in [1.82, 2.24) is 0 Å². The SMILES string of the molecule is CCOC(=O)C1(C(=O)OCC)[C@H](c2ccc(CC)cc2)[C@H]1S(=O)(=O)c1ccc(Cl)cc1. The minimum Gasteiger partial charge on any atom is -0.465 e. The van der Waals surface area contributed by atoms with E-state index in [1.807, 2.05) is 19.1 Å². The van der Waals surface area contributed by atoms with Gasteiger partial charge in [0.2, 0.25) is 0 Å². The topological polar surface area (TPSA) is 86.7 Å². The molecule has 6 nitrogen and oxygen atoms in total. The summed E-state index contributed by atoms with van der Waals surface area (Å²) in [5.41, 5.74) is -0.335. The molecule has 0 N–H and O–H groups in total. The highest BCUT2D eigenvalue weighted by Crippen LogP contribution is 2.65. The van der Waals surface area contributed by atoms with E-state index in [0.29, 0.717) is 10.6 Å². The van der Waals surface area contributed by atoms with E-state index in [1.54, 1.807) is 26.0 Å². The van der Waals surface area contributed by atoms with Crippen molar-refractivity contribution in [2.45, 2.75) is 43.3 Å². The van der Waals surface area contributed by atoms with Crippen molar-refractivity contribution in [1.29, 1.82) is 0 Å². The number of hydrogen-bond acceptors (Lipinski definition) is 6. The molecule has 166 valence electrons. The van der Waals surface area contributed by atoms with Crippen molar-refractivity contribution in [3.8, 4) is 0 Å². The number of sulfone groups is 1. The summed E-state index contributed by atoms with van der Waals surface area (Å²) in [6, 6.07) is 12.9. The Labute approximate surface area is 187 Å². The molecule has 0 spiro atoms. The maximum Gasteiger partial charge on any atom is 0.325 e. The lowest BCUT2D eigenvalue weighted by Gasteiger charge is -2.15. The number of esters is 2. The second-order valence-electron chi connectivity index (χ2n) is 7.30. The fourth-order valence-corrected chi connectivity index (χ4v) is 6.43. The molecule has 0 bridgehead atoms. The van der Waals surface area contributed by atoms with Crippen molar-refractivity contribution < 1.29 is 27.5 Å². The van der Waals surface area contributed by atoms with Gasteiger partial charge < -0.3 is 9.47 Å². The molecule has 1 aliphatic carbocycles. The summed E-state index contributed by atoms with van der Waals surface area (Å²) >= 11 is 5.91. The first-order chi connectivity index (χ1) is 14.7. The van der Waals surface area contributed by atoms with E-state index in [-0.39, 0.29) is 18.1 Å². The van der Waals surface area contributed by atoms with Gasteiger partial charge in [0, 0.05) is 10.9 Å². The number of hydrogen-bond donors (Lipinski definition) is 0. The molecule has 0 aromatic heterocycles. The third-order valence-corrected chi connectivity index (χ3v) is 8.08. The average molecular weight is 465 g/mol. The van der Waals surface area contributed by atoms with Gasteiger partial charge in [0.1, 0.15) is 5.25 Å². The fraction of sp³-hybridized carbons (Fsp3) is 0.391. The summed E-state index contributed by atoms with van der Waals surface area (Å²) in [4.78, 5) is 26.1. The van der Waals surface area contributed by atoms with Crippen LogP contribution in [0.4, 0.5) is 0 Å². The second kappa shape index (κ2) is 9.01. The molecule has 1 aliphatic rings. The molecule has 2 atom stereocenters. The third kappa shape index (κ3) is 3.96. The van der Waals surface area contributed by atoms with E-state index in [1.165, 1.54) is 24.3 Å². The highest BCUT2D eigenvalue weighted by molar-refractivity contribution is 7.92. The average Bonchev–Trinajstić information content (AvgIpc) is 3.47. The predicted octanol–water partition coefficient (Wildman–Crippen LogP) is 3.95. The maximum atomic E-state index is 13.6. The molecular formula is C23H25ClO6S. The zero-order valence-corrected chi connectivity index (χ0v) is 19.2. The summed E-state index contributed by atoms with van der Waals surface area (Å²) in [5.74, 6) is -2.70. The molecule has 1 fully saturated rings. The Hall–Kier alpha value is -2.38. The number of ether oxygens (including phenoxy) is 2. The van der Waals surface area contributed by atoms with Crippen LogP contribution in [0, 0.1) is 5.41 Å². The highest BCUT2D eigenvalue weighted by Gasteiger charge is 2.81. The van der Waals surface area contributed by atoms with Crippen LogP contribution in [0.1, 0.15) is 37.8 Å². The van der Waals surface area contributed by atoms with Crippen molar-refractivity contribution in [2.24, 2.45) is 5.41 Å². The Balaban J connectivity index is 2.18. The Morgan fingerprint density at radius 2 is 1.42 bits per heavy atom. The summed E-state index contributed by atoms with van der Waals surface area (Å²) in [6.45, 7) is 5.23. The molecule has 3 rings (SSSR count). The lowest BCUT2D eigenvalue weighted by molar-refractivity contribution is -0.164. The minimum atomic E-state index is -4.09. The Morgan fingerprint density at radius 1 is 0.903 bits per heavy atom. The molecule has 0 radical (unpaired) electrons. The number of rotatable bonds is 8. The molecule has 0 saturated heterocycles. The van der Waals surface area contributed by atoms with Crippen molar-refractivity contribution in [3.63, 3.8) is 0 Å². The van der Waals surface area contributed by atoms with Gasteiger partial charge in [0.25, 0.3) is 0 Å². The molecule has 2 aromatic rings. The summed E-state index contributed by atoms with van der Waals surface area (Å²) in [5, 5.41) is -0.963. The van der Waals surface area contributed by atoms with Crippen LogP contribution < -0.4 is 0 Å². The summed E-state index contributed by atoms with van der Waals surface area (Å²) in [7, 11) is -4.09. The van der Waals surface area contributed by atoms with Crippen LogP contribution >= 0.6 is 11.6 Å². The standard InChI is InChI=1S/C23H25ClO6S/c1-4-15-7-9-16(10-8-15)19-20(31(27,28)18-13-11-17(24)12-14-18)23(19,21(25)29-5-2)22(26)30-6-3/h7-14,19-20H,4-6H2,1-3H3/t19-,20-/m1/s1. The second-order valence-corrected chi connectivity index (χ2v) is 9.81. The van der Waals surface area contributed by atoms with Crippen molar-refractivity contribution in [2.75, 3.05) is 13.2 Å². The molecule has 2 aromatic carbocycles. The van der Waals surface area contributed by atoms with Gasteiger partial charge >= 0.3 is 11.9 Å². The zero-order valence-electron chi connectivity index (χ0n) is 17.6. The number of carbonyl (C=O) groups is 2. The van der Waals surface area contributed by atoms with E-state index < -0.39 is 38.4 Å². The quantitative estimate of drug-likeness (QED) is 0.434.